The number of rotatable bonds is 5. The molecule has 19 heavy (non-hydrogen) atoms. The Balaban J connectivity index is 1.48. The monoisotopic (exact) mass is 258 g/mol. The summed E-state index contributed by atoms with van der Waals surface area (Å²) >= 11 is 0. The first kappa shape index (κ1) is 12.9. The number of hydrogen-bond donors (Lipinski definition) is 2. The Hall–Kier alpha value is -1.12. The summed E-state index contributed by atoms with van der Waals surface area (Å²) in [5, 5.41) is 2.50. The average molecular weight is 258 g/mol. The largest absolute Gasteiger partial charge is 0.338 e. The lowest BCUT2D eigenvalue weighted by Gasteiger charge is -2.45. The second-order valence-electron chi connectivity index (χ2n) is 6.21. The molecule has 3 aliphatic rings. The molecule has 3 heterocycles. The molecule has 0 radical (unpaired) electrons. The summed E-state index contributed by atoms with van der Waals surface area (Å²) in [6, 6.07) is 11.7. The third-order valence-corrected chi connectivity index (χ3v) is 5.08. The van der Waals surface area contributed by atoms with Crippen molar-refractivity contribution in [3.05, 3.63) is 48.6 Å². The minimum Gasteiger partial charge on any atom is -0.338 e. The average Bonchev–Trinajstić information content (AvgIpc) is 2.49. The summed E-state index contributed by atoms with van der Waals surface area (Å²) < 4.78 is 0. The van der Waals surface area contributed by atoms with Gasteiger partial charge in [-0.1, -0.05) is 36.4 Å². The van der Waals surface area contributed by atoms with E-state index in [1.807, 2.05) is 4.90 Å². The molecule has 0 aromatic heterocycles. The molecule has 3 aliphatic heterocycles. The fourth-order valence-electron chi connectivity index (χ4n) is 3.96. The Labute approximate surface area is 116 Å². The minimum absolute atomic E-state index is 0.786. The third kappa shape index (κ3) is 2.90. The molecule has 1 aromatic rings. The van der Waals surface area contributed by atoms with E-state index in [0.29, 0.717) is 0 Å². The molecule has 0 aliphatic carbocycles. The lowest BCUT2D eigenvalue weighted by Crippen LogP contribution is -3.21. The van der Waals surface area contributed by atoms with E-state index in [4.69, 9.17) is 0 Å². The van der Waals surface area contributed by atoms with Crippen molar-refractivity contribution in [1.29, 1.82) is 0 Å². The van der Waals surface area contributed by atoms with E-state index in [1.54, 1.807) is 0 Å². The first-order valence-corrected chi connectivity index (χ1v) is 7.69. The van der Waals surface area contributed by atoms with Gasteiger partial charge in [-0.05, 0) is 5.92 Å². The molecule has 2 heteroatoms. The highest BCUT2D eigenvalue weighted by molar-refractivity contribution is 5.12. The van der Waals surface area contributed by atoms with Crippen LogP contribution < -0.4 is 10.2 Å². The molecule has 4 atom stereocenters. The number of quaternary nitrogens is 2. The molecule has 3 N–H and O–H groups in total. The van der Waals surface area contributed by atoms with Gasteiger partial charge in [-0.15, -0.1) is 6.58 Å². The van der Waals surface area contributed by atoms with Crippen molar-refractivity contribution < 1.29 is 10.2 Å². The maximum atomic E-state index is 4.01. The molecule has 2 bridgehead atoms. The predicted octanol–water partition coefficient (Wildman–Crippen LogP) is 0.229. The molecule has 102 valence electrons. The molecule has 0 saturated carbocycles. The van der Waals surface area contributed by atoms with Crippen molar-refractivity contribution in [2.75, 3.05) is 19.6 Å². The zero-order chi connectivity index (χ0) is 13.1. The van der Waals surface area contributed by atoms with Gasteiger partial charge in [0.25, 0.3) is 0 Å². The van der Waals surface area contributed by atoms with Gasteiger partial charge in [0.15, 0.2) is 0 Å². The Kier molecular flexibility index (Phi) is 4.00. The Morgan fingerprint density at radius 3 is 2.84 bits per heavy atom. The number of piperidine rings is 3. The van der Waals surface area contributed by atoms with E-state index in [9.17, 15) is 0 Å². The molecule has 1 aromatic carbocycles. The molecule has 0 amide bonds. The molecular formula is C17H26N2+2. The van der Waals surface area contributed by atoms with Gasteiger partial charge in [-0.25, -0.2) is 0 Å². The van der Waals surface area contributed by atoms with Crippen LogP contribution in [0.25, 0.3) is 0 Å². The van der Waals surface area contributed by atoms with Crippen molar-refractivity contribution in [3.8, 4) is 0 Å². The van der Waals surface area contributed by atoms with Crippen LogP contribution in [0.1, 0.15) is 18.4 Å². The zero-order valence-electron chi connectivity index (χ0n) is 11.7. The smallest absolute Gasteiger partial charge is 0.137 e. The Morgan fingerprint density at radius 2 is 2.16 bits per heavy atom. The number of nitrogens with one attached hydrogen (secondary N) is 1. The zero-order valence-corrected chi connectivity index (χ0v) is 11.7. The highest BCUT2D eigenvalue weighted by atomic mass is 15.2. The summed E-state index contributed by atoms with van der Waals surface area (Å²) in [4.78, 5) is 1.83. The molecule has 0 spiro atoms. The van der Waals surface area contributed by atoms with Crippen LogP contribution in [0.3, 0.4) is 0 Å². The summed E-state index contributed by atoms with van der Waals surface area (Å²) in [6.07, 6.45) is 5.03. The first-order chi connectivity index (χ1) is 9.36. The van der Waals surface area contributed by atoms with E-state index in [2.05, 4.69) is 48.3 Å². The SMILES string of the molecule is C=C[C@H]1C[NH+]2CC[C@H]1C[C@@H]2C[NH2+]Cc1ccccc1. The van der Waals surface area contributed by atoms with E-state index < -0.39 is 0 Å². The van der Waals surface area contributed by atoms with Crippen LogP contribution in [-0.4, -0.2) is 25.7 Å². The van der Waals surface area contributed by atoms with Crippen LogP contribution >= 0.6 is 0 Å². The molecule has 4 rings (SSSR count). The maximum Gasteiger partial charge on any atom is 0.137 e. The standard InChI is InChI=1S/C17H24N2/c1-2-15-13-19-9-8-16(15)10-17(19)12-18-11-14-6-4-3-5-7-14/h2-7,15-18H,1,8-13H2/p+2/t15-,16-,17+/m0/s1. The van der Waals surface area contributed by atoms with E-state index >= 15 is 0 Å². The number of nitrogens with two attached hydrogens (primary N) is 1. The van der Waals surface area contributed by atoms with E-state index in [0.717, 1.165) is 24.4 Å². The van der Waals surface area contributed by atoms with Gasteiger partial charge >= 0.3 is 0 Å². The van der Waals surface area contributed by atoms with Crippen LogP contribution in [0.2, 0.25) is 0 Å². The van der Waals surface area contributed by atoms with Gasteiger partial charge in [0.05, 0.1) is 13.1 Å². The second kappa shape index (κ2) is 5.89. The summed E-state index contributed by atoms with van der Waals surface area (Å²) in [5.74, 6) is 1.71. The first-order valence-electron chi connectivity index (χ1n) is 7.69. The van der Waals surface area contributed by atoms with Crippen LogP contribution in [0, 0.1) is 11.8 Å². The number of benzene rings is 1. The number of fused-ring (bicyclic) bond motifs is 3. The van der Waals surface area contributed by atoms with Crippen molar-refractivity contribution in [2.24, 2.45) is 11.8 Å². The molecule has 3 saturated heterocycles. The summed E-state index contributed by atoms with van der Waals surface area (Å²) in [5.41, 5.74) is 1.44. The lowest BCUT2D eigenvalue weighted by atomic mass is 9.75. The van der Waals surface area contributed by atoms with Crippen LogP contribution in [0.15, 0.2) is 43.0 Å². The molecule has 2 nitrogen and oxygen atoms in total. The third-order valence-electron chi connectivity index (χ3n) is 5.08. The van der Waals surface area contributed by atoms with Crippen LogP contribution in [-0.2, 0) is 6.54 Å². The van der Waals surface area contributed by atoms with E-state index in [-0.39, 0.29) is 0 Å². The fourth-order valence-corrected chi connectivity index (χ4v) is 3.96. The Bertz CT molecular complexity index is 415. The highest BCUT2D eigenvalue weighted by Gasteiger charge is 2.42. The van der Waals surface area contributed by atoms with Crippen molar-refractivity contribution in [1.82, 2.24) is 0 Å². The van der Waals surface area contributed by atoms with Crippen molar-refractivity contribution >= 4 is 0 Å². The van der Waals surface area contributed by atoms with Gasteiger partial charge in [0.1, 0.15) is 19.1 Å². The van der Waals surface area contributed by atoms with Crippen LogP contribution in [0.4, 0.5) is 0 Å². The quantitative estimate of drug-likeness (QED) is 0.706. The van der Waals surface area contributed by atoms with Crippen molar-refractivity contribution in [2.45, 2.75) is 25.4 Å². The van der Waals surface area contributed by atoms with Crippen LogP contribution in [0.5, 0.6) is 0 Å². The lowest BCUT2D eigenvalue weighted by molar-refractivity contribution is -0.958. The minimum atomic E-state index is 0.786. The van der Waals surface area contributed by atoms with Gasteiger partial charge in [-0.3, -0.25) is 0 Å². The molecule has 3 fully saturated rings. The van der Waals surface area contributed by atoms with Gasteiger partial charge in [0.2, 0.25) is 0 Å². The highest BCUT2D eigenvalue weighted by Crippen LogP contribution is 2.26. The van der Waals surface area contributed by atoms with Gasteiger partial charge < -0.3 is 10.2 Å². The Morgan fingerprint density at radius 1 is 1.32 bits per heavy atom. The topological polar surface area (TPSA) is 21.1 Å². The molecular weight excluding hydrogens is 232 g/mol. The fraction of sp³-hybridized carbons (Fsp3) is 0.529. The van der Waals surface area contributed by atoms with E-state index in [1.165, 1.54) is 38.0 Å². The maximum absolute atomic E-state index is 4.01. The van der Waals surface area contributed by atoms with Gasteiger partial charge in [0, 0.05) is 24.3 Å². The van der Waals surface area contributed by atoms with Crippen molar-refractivity contribution in [3.63, 3.8) is 0 Å². The second-order valence-corrected chi connectivity index (χ2v) is 6.21. The summed E-state index contributed by atoms with van der Waals surface area (Å²) in [7, 11) is 0. The predicted molar refractivity (Wildman–Crippen MR) is 77.8 cm³/mol. The molecule has 1 unspecified atom stereocenters. The van der Waals surface area contributed by atoms with Gasteiger partial charge in [-0.2, -0.15) is 0 Å². The summed E-state index contributed by atoms with van der Waals surface area (Å²) in [6.45, 7) is 9.14. The number of hydrogen-bond acceptors (Lipinski definition) is 0. The normalized spacial score (nSPS) is 33.3.